The number of benzene rings is 1. The highest BCUT2D eigenvalue weighted by molar-refractivity contribution is 5.59. The Balaban J connectivity index is 2.11. The van der Waals surface area contributed by atoms with Crippen LogP contribution in [0, 0.1) is 5.92 Å². The molecule has 0 amide bonds. The van der Waals surface area contributed by atoms with E-state index in [2.05, 4.69) is 49.6 Å². The fraction of sp³-hybridized carbons (Fsp3) is 0.625. The van der Waals surface area contributed by atoms with Crippen LogP contribution in [0.5, 0.6) is 5.75 Å². The first-order chi connectivity index (χ1) is 9.00. The summed E-state index contributed by atoms with van der Waals surface area (Å²) in [7, 11) is 1.73. The summed E-state index contributed by atoms with van der Waals surface area (Å²) in [6.45, 7) is 9.98. The van der Waals surface area contributed by atoms with Gasteiger partial charge in [-0.05, 0) is 48.5 Å². The molecule has 1 aromatic carbocycles. The molecule has 19 heavy (non-hydrogen) atoms. The number of rotatable bonds is 4. The molecule has 0 spiro atoms. The zero-order chi connectivity index (χ0) is 13.9. The molecule has 1 fully saturated rings. The fourth-order valence-corrected chi connectivity index (χ4v) is 2.46. The molecule has 1 heterocycles. The number of hydrogen-bond donors (Lipinski definition) is 2. The maximum absolute atomic E-state index is 5.45. The standard InChI is InChI=1S/C16H26N2O/c1-16(2,3)13-5-6-15(19-4)14(9-13)18-11-12-7-8-17-10-12/h5-6,9,12,17-18H,7-8,10-11H2,1-4H3. The Morgan fingerprint density at radius 1 is 1.37 bits per heavy atom. The van der Waals surface area contributed by atoms with Crippen LogP contribution >= 0.6 is 0 Å². The summed E-state index contributed by atoms with van der Waals surface area (Å²) < 4.78 is 5.45. The number of nitrogens with one attached hydrogen (secondary N) is 2. The van der Waals surface area contributed by atoms with Crippen LogP contribution < -0.4 is 15.4 Å². The molecule has 0 radical (unpaired) electrons. The number of methoxy groups -OCH3 is 1. The molecule has 1 aliphatic rings. The number of anilines is 1. The van der Waals surface area contributed by atoms with E-state index in [0.717, 1.165) is 37.0 Å². The van der Waals surface area contributed by atoms with Gasteiger partial charge in [-0.3, -0.25) is 0 Å². The Hall–Kier alpha value is -1.22. The van der Waals surface area contributed by atoms with Crippen molar-refractivity contribution in [2.24, 2.45) is 5.92 Å². The van der Waals surface area contributed by atoms with E-state index in [1.807, 2.05) is 0 Å². The molecule has 0 bridgehead atoms. The Morgan fingerprint density at radius 3 is 2.74 bits per heavy atom. The van der Waals surface area contributed by atoms with Crippen molar-refractivity contribution in [1.29, 1.82) is 0 Å². The van der Waals surface area contributed by atoms with Crippen LogP contribution in [0.2, 0.25) is 0 Å². The topological polar surface area (TPSA) is 33.3 Å². The van der Waals surface area contributed by atoms with Gasteiger partial charge in [0.15, 0.2) is 0 Å². The van der Waals surface area contributed by atoms with Crippen molar-refractivity contribution < 1.29 is 4.74 Å². The average Bonchev–Trinajstić information content (AvgIpc) is 2.88. The lowest BCUT2D eigenvalue weighted by molar-refractivity contribution is 0.415. The summed E-state index contributed by atoms with van der Waals surface area (Å²) >= 11 is 0. The number of ether oxygens (including phenoxy) is 1. The van der Waals surface area contributed by atoms with E-state index < -0.39 is 0 Å². The molecule has 1 aliphatic heterocycles. The van der Waals surface area contributed by atoms with Gasteiger partial charge in [-0.2, -0.15) is 0 Å². The Kier molecular flexibility index (Phi) is 4.35. The Labute approximate surface area is 116 Å². The number of hydrogen-bond acceptors (Lipinski definition) is 3. The molecule has 1 atom stereocenters. The first-order valence-corrected chi connectivity index (χ1v) is 7.14. The van der Waals surface area contributed by atoms with Crippen molar-refractivity contribution in [3.8, 4) is 5.75 Å². The summed E-state index contributed by atoms with van der Waals surface area (Å²) in [4.78, 5) is 0. The van der Waals surface area contributed by atoms with Crippen LogP contribution in [-0.4, -0.2) is 26.7 Å². The van der Waals surface area contributed by atoms with Gasteiger partial charge in [-0.1, -0.05) is 26.8 Å². The zero-order valence-corrected chi connectivity index (χ0v) is 12.5. The van der Waals surface area contributed by atoms with Gasteiger partial charge >= 0.3 is 0 Å². The summed E-state index contributed by atoms with van der Waals surface area (Å²) in [5.41, 5.74) is 2.61. The van der Waals surface area contributed by atoms with E-state index in [-0.39, 0.29) is 5.41 Å². The summed E-state index contributed by atoms with van der Waals surface area (Å²) in [5, 5.41) is 6.96. The fourth-order valence-electron chi connectivity index (χ4n) is 2.46. The van der Waals surface area contributed by atoms with E-state index in [9.17, 15) is 0 Å². The second-order valence-electron chi connectivity index (χ2n) is 6.40. The molecule has 3 heteroatoms. The molecular weight excluding hydrogens is 236 g/mol. The Bertz CT molecular complexity index is 417. The zero-order valence-electron chi connectivity index (χ0n) is 12.5. The average molecular weight is 262 g/mol. The van der Waals surface area contributed by atoms with Gasteiger partial charge in [-0.25, -0.2) is 0 Å². The molecule has 0 aromatic heterocycles. The van der Waals surface area contributed by atoms with Crippen LogP contribution in [0.4, 0.5) is 5.69 Å². The van der Waals surface area contributed by atoms with E-state index >= 15 is 0 Å². The minimum absolute atomic E-state index is 0.164. The maximum atomic E-state index is 5.45. The van der Waals surface area contributed by atoms with Crippen molar-refractivity contribution >= 4 is 5.69 Å². The summed E-state index contributed by atoms with van der Waals surface area (Å²) in [5.74, 6) is 1.65. The van der Waals surface area contributed by atoms with Crippen LogP contribution in [0.3, 0.4) is 0 Å². The highest BCUT2D eigenvalue weighted by Crippen LogP contribution is 2.31. The first-order valence-electron chi connectivity index (χ1n) is 7.14. The van der Waals surface area contributed by atoms with Gasteiger partial charge in [-0.15, -0.1) is 0 Å². The predicted octanol–water partition coefficient (Wildman–Crippen LogP) is 3.01. The lowest BCUT2D eigenvalue weighted by atomic mass is 9.87. The molecule has 0 saturated carbocycles. The molecular formula is C16H26N2O. The maximum Gasteiger partial charge on any atom is 0.141 e. The van der Waals surface area contributed by atoms with Crippen LogP contribution in [0.1, 0.15) is 32.8 Å². The van der Waals surface area contributed by atoms with E-state index in [0.29, 0.717) is 0 Å². The third kappa shape index (κ3) is 3.63. The van der Waals surface area contributed by atoms with Crippen molar-refractivity contribution in [3.05, 3.63) is 23.8 Å². The van der Waals surface area contributed by atoms with Crippen molar-refractivity contribution in [2.45, 2.75) is 32.6 Å². The van der Waals surface area contributed by atoms with Gasteiger partial charge < -0.3 is 15.4 Å². The van der Waals surface area contributed by atoms with E-state index in [1.165, 1.54) is 12.0 Å². The van der Waals surface area contributed by atoms with Crippen LogP contribution in [0.25, 0.3) is 0 Å². The monoisotopic (exact) mass is 262 g/mol. The van der Waals surface area contributed by atoms with Crippen LogP contribution in [0.15, 0.2) is 18.2 Å². The lowest BCUT2D eigenvalue weighted by Gasteiger charge is -2.22. The first kappa shape index (κ1) is 14.2. The normalized spacial score (nSPS) is 19.5. The lowest BCUT2D eigenvalue weighted by Crippen LogP contribution is -2.18. The summed E-state index contributed by atoms with van der Waals surface area (Å²) in [6.07, 6.45) is 1.26. The minimum atomic E-state index is 0.164. The third-order valence-electron chi connectivity index (χ3n) is 3.81. The predicted molar refractivity (Wildman–Crippen MR) is 81.2 cm³/mol. The molecule has 2 N–H and O–H groups in total. The van der Waals surface area contributed by atoms with E-state index in [4.69, 9.17) is 4.74 Å². The van der Waals surface area contributed by atoms with Crippen molar-refractivity contribution in [3.63, 3.8) is 0 Å². The molecule has 1 aromatic rings. The summed E-state index contributed by atoms with van der Waals surface area (Å²) in [6, 6.07) is 6.44. The Morgan fingerprint density at radius 2 is 2.16 bits per heavy atom. The quantitative estimate of drug-likeness (QED) is 0.875. The molecule has 106 valence electrons. The van der Waals surface area contributed by atoms with Gasteiger partial charge in [0.2, 0.25) is 0 Å². The van der Waals surface area contributed by atoms with E-state index in [1.54, 1.807) is 7.11 Å². The largest absolute Gasteiger partial charge is 0.495 e. The SMILES string of the molecule is COc1ccc(C(C)(C)C)cc1NCC1CCNC1. The van der Waals surface area contributed by atoms with Gasteiger partial charge in [0, 0.05) is 6.54 Å². The highest BCUT2D eigenvalue weighted by atomic mass is 16.5. The highest BCUT2D eigenvalue weighted by Gasteiger charge is 2.18. The third-order valence-corrected chi connectivity index (χ3v) is 3.81. The van der Waals surface area contributed by atoms with Crippen LogP contribution in [-0.2, 0) is 5.41 Å². The van der Waals surface area contributed by atoms with Gasteiger partial charge in [0.25, 0.3) is 0 Å². The second-order valence-corrected chi connectivity index (χ2v) is 6.40. The molecule has 0 aliphatic carbocycles. The van der Waals surface area contributed by atoms with Gasteiger partial charge in [0.05, 0.1) is 12.8 Å². The molecule has 2 rings (SSSR count). The molecule has 3 nitrogen and oxygen atoms in total. The van der Waals surface area contributed by atoms with Crippen molar-refractivity contribution in [1.82, 2.24) is 5.32 Å². The minimum Gasteiger partial charge on any atom is -0.495 e. The van der Waals surface area contributed by atoms with Gasteiger partial charge in [0.1, 0.15) is 5.75 Å². The second kappa shape index (κ2) is 5.83. The smallest absolute Gasteiger partial charge is 0.141 e. The molecule has 1 saturated heterocycles. The molecule has 1 unspecified atom stereocenters. The van der Waals surface area contributed by atoms with Crippen molar-refractivity contribution in [2.75, 3.05) is 32.1 Å².